The number of nitrogens with zero attached hydrogens (tertiary/aromatic N) is 2. The highest BCUT2D eigenvalue weighted by molar-refractivity contribution is 14.0. The summed E-state index contributed by atoms with van der Waals surface area (Å²) in [5, 5.41) is 9.57. The number of rotatable bonds is 11. The Balaban J connectivity index is 0.00000512. The van der Waals surface area contributed by atoms with E-state index in [1.165, 1.54) is 6.26 Å². The van der Waals surface area contributed by atoms with Crippen molar-refractivity contribution < 1.29 is 9.21 Å². The van der Waals surface area contributed by atoms with Gasteiger partial charge in [-0.15, -0.1) is 24.0 Å². The molecule has 0 aliphatic carbocycles. The minimum atomic E-state index is -0.266. The zero-order valence-electron chi connectivity index (χ0n) is 19.9. The van der Waals surface area contributed by atoms with Crippen molar-refractivity contribution >= 4 is 41.5 Å². The van der Waals surface area contributed by atoms with Crippen molar-refractivity contribution in [1.29, 1.82) is 0 Å². The number of aliphatic imine (C=N–C) groups is 1. The van der Waals surface area contributed by atoms with Gasteiger partial charge in [0.15, 0.2) is 11.7 Å². The Morgan fingerprint density at radius 1 is 1.09 bits per heavy atom. The van der Waals surface area contributed by atoms with Crippen molar-refractivity contribution in [1.82, 2.24) is 15.5 Å². The normalized spacial score (nSPS) is 11.6. The molecule has 1 aromatic heterocycles. The number of halogens is 1. The highest BCUT2D eigenvalue weighted by Gasteiger charge is 2.12. The number of anilines is 1. The summed E-state index contributed by atoms with van der Waals surface area (Å²) >= 11 is 0. The molecule has 8 heteroatoms. The van der Waals surface area contributed by atoms with Crippen LogP contribution in [0.1, 0.15) is 57.2 Å². The first-order valence-corrected chi connectivity index (χ1v) is 11.1. The van der Waals surface area contributed by atoms with Crippen LogP contribution in [0.3, 0.4) is 0 Å². The third-order valence-corrected chi connectivity index (χ3v) is 4.91. The summed E-state index contributed by atoms with van der Waals surface area (Å²) in [6.45, 7) is 14.3. The largest absolute Gasteiger partial charge is 0.459 e. The first kappa shape index (κ1) is 28.0. The highest BCUT2D eigenvalue weighted by atomic mass is 127. The maximum atomic E-state index is 12.2. The summed E-state index contributed by atoms with van der Waals surface area (Å²) in [5.74, 6) is 0.821. The number of carbonyl (C=O) groups excluding carboxylic acids is 1. The van der Waals surface area contributed by atoms with Crippen LogP contribution in [0.15, 0.2) is 52.1 Å². The van der Waals surface area contributed by atoms with Gasteiger partial charge in [-0.2, -0.15) is 0 Å². The summed E-state index contributed by atoms with van der Waals surface area (Å²) in [6, 6.07) is 12.1. The monoisotopic (exact) mass is 555 g/mol. The van der Waals surface area contributed by atoms with E-state index >= 15 is 0 Å². The topological polar surface area (TPSA) is 81.9 Å². The van der Waals surface area contributed by atoms with Gasteiger partial charge in [-0.05, 0) is 70.9 Å². The van der Waals surface area contributed by atoms with Crippen LogP contribution in [0.4, 0.5) is 5.69 Å². The quantitative estimate of drug-likeness (QED) is 0.162. The summed E-state index contributed by atoms with van der Waals surface area (Å²) in [7, 11) is 0. The molecule has 0 saturated heterocycles. The first-order valence-electron chi connectivity index (χ1n) is 11.1. The molecule has 32 heavy (non-hydrogen) atoms. The van der Waals surface area contributed by atoms with Gasteiger partial charge < -0.3 is 20.4 Å². The second kappa shape index (κ2) is 14.9. The van der Waals surface area contributed by atoms with Crippen LogP contribution in [0.2, 0.25) is 0 Å². The number of guanidine groups is 1. The molecule has 2 aromatic rings. The van der Waals surface area contributed by atoms with Crippen molar-refractivity contribution in [3.8, 4) is 0 Å². The summed E-state index contributed by atoms with van der Waals surface area (Å²) < 4.78 is 5.14. The molecule has 0 radical (unpaired) electrons. The van der Waals surface area contributed by atoms with Crippen molar-refractivity contribution in [2.24, 2.45) is 4.99 Å². The number of benzene rings is 1. The Kier molecular flexibility index (Phi) is 13.0. The van der Waals surface area contributed by atoms with Gasteiger partial charge in [-0.25, -0.2) is 4.99 Å². The average Bonchev–Trinajstić information content (AvgIpc) is 3.26. The first-order chi connectivity index (χ1) is 14.9. The zero-order chi connectivity index (χ0) is 22.6. The molecule has 0 atom stereocenters. The maximum Gasteiger partial charge on any atom is 0.291 e. The lowest BCUT2D eigenvalue weighted by molar-refractivity contribution is 0.0996. The standard InChI is InChI=1S/C24H37N5O2.HI/c1-6-25-24(26-13-9-14-29(18(2)3)19(4)5)27-17-20-10-7-11-21(16-20)28-23(30)22-12-8-15-31-22;/h7-8,10-12,15-16,18-19H,6,9,13-14,17H2,1-5H3,(H,28,30)(H2,25,26,27);1H. The summed E-state index contributed by atoms with van der Waals surface area (Å²) in [4.78, 5) is 19.3. The van der Waals surface area contributed by atoms with Crippen molar-refractivity contribution in [2.75, 3.05) is 25.0 Å². The second-order valence-corrected chi connectivity index (χ2v) is 8.03. The number of hydrogen-bond donors (Lipinski definition) is 3. The minimum absolute atomic E-state index is 0. The number of nitrogens with one attached hydrogen (secondary N) is 3. The molecule has 1 aromatic carbocycles. The van der Waals surface area contributed by atoms with Crippen molar-refractivity contribution in [3.63, 3.8) is 0 Å². The second-order valence-electron chi connectivity index (χ2n) is 8.03. The van der Waals surface area contributed by atoms with Gasteiger partial charge in [-0.3, -0.25) is 9.69 Å². The molecule has 0 bridgehead atoms. The average molecular weight is 556 g/mol. The SMILES string of the molecule is CCNC(=NCc1cccc(NC(=O)c2ccco2)c1)NCCCN(C(C)C)C(C)C.I. The molecule has 1 heterocycles. The molecule has 0 saturated carbocycles. The molecule has 0 aliphatic rings. The molecule has 178 valence electrons. The van der Waals surface area contributed by atoms with Crippen LogP contribution < -0.4 is 16.0 Å². The van der Waals surface area contributed by atoms with Crippen LogP contribution in [0, 0.1) is 0 Å². The fourth-order valence-electron chi connectivity index (χ4n) is 3.44. The Labute approximate surface area is 209 Å². The Morgan fingerprint density at radius 3 is 2.47 bits per heavy atom. The van der Waals surface area contributed by atoms with Gasteiger partial charge >= 0.3 is 0 Å². The molecule has 0 unspecified atom stereocenters. The lowest BCUT2D eigenvalue weighted by Gasteiger charge is -2.30. The smallest absolute Gasteiger partial charge is 0.291 e. The molecular weight excluding hydrogens is 517 g/mol. The zero-order valence-corrected chi connectivity index (χ0v) is 22.2. The lowest BCUT2D eigenvalue weighted by atomic mass is 10.2. The number of hydrogen-bond acceptors (Lipinski definition) is 4. The van der Waals surface area contributed by atoms with E-state index < -0.39 is 0 Å². The molecule has 0 fully saturated rings. The lowest BCUT2D eigenvalue weighted by Crippen LogP contribution is -2.41. The molecule has 0 aliphatic heterocycles. The molecular formula is C24H38IN5O2. The van der Waals surface area contributed by atoms with Crippen LogP contribution in [-0.4, -0.2) is 48.5 Å². The van der Waals surface area contributed by atoms with E-state index in [1.807, 2.05) is 24.3 Å². The van der Waals surface area contributed by atoms with E-state index in [1.54, 1.807) is 12.1 Å². The summed E-state index contributed by atoms with van der Waals surface area (Å²) in [6.07, 6.45) is 2.54. The molecule has 3 N–H and O–H groups in total. The Hall–Kier alpha value is -2.07. The van der Waals surface area contributed by atoms with Crippen molar-refractivity contribution in [2.45, 2.75) is 59.7 Å². The van der Waals surface area contributed by atoms with E-state index in [9.17, 15) is 4.79 Å². The molecule has 0 spiro atoms. The third-order valence-electron chi connectivity index (χ3n) is 4.91. The van der Waals surface area contributed by atoms with E-state index in [4.69, 9.17) is 9.41 Å². The highest BCUT2D eigenvalue weighted by Crippen LogP contribution is 2.13. The van der Waals surface area contributed by atoms with Gasteiger partial charge in [0, 0.05) is 37.4 Å². The van der Waals surface area contributed by atoms with Crippen molar-refractivity contribution in [3.05, 3.63) is 54.0 Å². The fraction of sp³-hybridized carbons (Fsp3) is 0.500. The van der Waals surface area contributed by atoms with Gasteiger partial charge in [0.25, 0.3) is 5.91 Å². The Morgan fingerprint density at radius 2 is 1.84 bits per heavy atom. The minimum Gasteiger partial charge on any atom is -0.459 e. The van der Waals surface area contributed by atoms with Gasteiger partial charge in [0.05, 0.1) is 12.8 Å². The number of furan rings is 1. The predicted octanol–water partition coefficient (Wildman–Crippen LogP) is 4.71. The van der Waals surface area contributed by atoms with Gasteiger partial charge in [-0.1, -0.05) is 12.1 Å². The van der Waals surface area contributed by atoms with E-state index in [0.29, 0.717) is 18.6 Å². The number of amides is 1. The van der Waals surface area contributed by atoms with Crippen LogP contribution in [-0.2, 0) is 6.54 Å². The predicted molar refractivity (Wildman–Crippen MR) is 143 cm³/mol. The Bertz CT molecular complexity index is 814. The van der Waals surface area contributed by atoms with Crippen LogP contribution >= 0.6 is 24.0 Å². The van der Waals surface area contributed by atoms with E-state index in [2.05, 4.69) is 55.5 Å². The molecule has 1 amide bonds. The summed E-state index contributed by atoms with van der Waals surface area (Å²) in [5.41, 5.74) is 1.73. The van der Waals surface area contributed by atoms with Gasteiger partial charge in [0.1, 0.15) is 0 Å². The van der Waals surface area contributed by atoms with E-state index in [-0.39, 0.29) is 35.6 Å². The number of carbonyl (C=O) groups is 1. The van der Waals surface area contributed by atoms with Crippen LogP contribution in [0.25, 0.3) is 0 Å². The maximum absolute atomic E-state index is 12.2. The third kappa shape index (κ3) is 9.60. The molecule has 2 rings (SSSR count). The van der Waals surface area contributed by atoms with Gasteiger partial charge in [0.2, 0.25) is 0 Å². The van der Waals surface area contributed by atoms with E-state index in [0.717, 1.165) is 43.3 Å². The fourth-order valence-corrected chi connectivity index (χ4v) is 3.44. The molecule has 7 nitrogen and oxygen atoms in total. The van der Waals surface area contributed by atoms with Crippen LogP contribution in [0.5, 0.6) is 0 Å².